The maximum Gasteiger partial charge on any atom is 0.129 e. The number of benzene rings is 1. The van der Waals surface area contributed by atoms with Crippen LogP contribution >= 0.6 is 0 Å². The Morgan fingerprint density at radius 1 is 1.29 bits per heavy atom. The van der Waals surface area contributed by atoms with Crippen LogP contribution in [0.25, 0.3) is 10.9 Å². The first kappa shape index (κ1) is 11.5. The zero-order valence-corrected chi connectivity index (χ0v) is 10.2. The molecule has 0 aliphatic carbocycles. The van der Waals surface area contributed by atoms with Gasteiger partial charge >= 0.3 is 0 Å². The van der Waals surface area contributed by atoms with E-state index in [0.717, 1.165) is 24.3 Å². The van der Waals surface area contributed by atoms with Crippen molar-refractivity contribution in [3.05, 3.63) is 35.9 Å². The standard InChI is InChI=1S/C15H16N2/c1-3-4-7-10-16-15-12(2)11-13-8-5-6-9-14(13)17-15/h5-6,8-9,11H,7,10H2,1-2H3,(H,16,17). The third kappa shape index (κ3) is 2.76. The van der Waals surface area contributed by atoms with Gasteiger partial charge in [0.05, 0.1) is 5.52 Å². The average Bonchev–Trinajstić information content (AvgIpc) is 2.35. The SMILES string of the molecule is CC#CCCNc1nc2ccccc2cc1C. The van der Waals surface area contributed by atoms with E-state index in [-0.39, 0.29) is 0 Å². The van der Waals surface area contributed by atoms with Gasteiger partial charge in [-0.25, -0.2) is 4.98 Å². The molecular weight excluding hydrogens is 208 g/mol. The molecule has 0 aliphatic heterocycles. The summed E-state index contributed by atoms with van der Waals surface area (Å²) in [5, 5.41) is 4.51. The number of rotatable bonds is 3. The van der Waals surface area contributed by atoms with Crippen molar-refractivity contribution >= 4 is 16.7 Å². The van der Waals surface area contributed by atoms with E-state index in [4.69, 9.17) is 0 Å². The molecule has 0 unspecified atom stereocenters. The maximum absolute atomic E-state index is 4.61. The van der Waals surface area contributed by atoms with Crippen molar-refractivity contribution in [1.29, 1.82) is 0 Å². The largest absolute Gasteiger partial charge is 0.369 e. The molecule has 0 aliphatic rings. The van der Waals surface area contributed by atoms with Crippen LogP contribution in [0.1, 0.15) is 18.9 Å². The van der Waals surface area contributed by atoms with Crippen LogP contribution in [0.4, 0.5) is 5.82 Å². The molecule has 2 nitrogen and oxygen atoms in total. The number of para-hydroxylation sites is 1. The number of fused-ring (bicyclic) bond motifs is 1. The number of aryl methyl sites for hydroxylation is 1. The van der Waals surface area contributed by atoms with Crippen molar-refractivity contribution in [2.24, 2.45) is 0 Å². The zero-order valence-electron chi connectivity index (χ0n) is 10.2. The van der Waals surface area contributed by atoms with Crippen LogP contribution < -0.4 is 5.32 Å². The van der Waals surface area contributed by atoms with Crippen molar-refractivity contribution in [2.45, 2.75) is 20.3 Å². The number of pyridine rings is 1. The first-order valence-corrected chi connectivity index (χ1v) is 5.81. The summed E-state index contributed by atoms with van der Waals surface area (Å²) >= 11 is 0. The molecule has 0 bridgehead atoms. The van der Waals surface area contributed by atoms with Gasteiger partial charge in [-0.1, -0.05) is 18.2 Å². The Morgan fingerprint density at radius 2 is 2.12 bits per heavy atom. The molecule has 1 heterocycles. The molecule has 17 heavy (non-hydrogen) atoms. The Labute approximate surface area is 102 Å². The van der Waals surface area contributed by atoms with Crippen LogP contribution in [-0.2, 0) is 0 Å². The van der Waals surface area contributed by atoms with Gasteiger partial charge in [-0.05, 0) is 31.5 Å². The van der Waals surface area contributed by atoms with E-state index in [0.29, 0.717) is 0 Å². The maximum atomic E-state index is 4.61. The minimum Gasteiger partial charge on any atom is -0.369 e. The second-order valence-corrected chi connectivity index (χ2v) is 3.95. The lowest BCUT2D eigenvalue weighted by molar-refractivity contribution is 1.07. The summed E-state index contributed by atoms with van der Waals surface area (Å²) in [6.45, 7) is 4.78. The van der Waals surface area contributed by atoms with Crippen LogP contribution in [0, 0.1) is 18.8 Å². The molecule has 2 aromatic rings. The van der Waals surface area contributed by atoms with Crippen molar-refractivity contribution in [2.75, 3.05) is 11.9 Å². The average molecular weight is 224 g/mol. The lowest BCUT2D eigenvalue weighted by atomic mass is 10.1. The fourth-order valence-corrected chi connectivity index (χ4v) is 1.77. The molecule has 0 fully saturated rings. The first-order valence-electron chi connectivity index (χ1n) is 5.81. The molecule has 2 heteroatoms. The Morgan fingerprint density at radius 3 is 2.94 bits per heavy atom. The van der Waals surface area contributed by atoms with Gasteiger partial charge < -0.3 is 5.32 Å². The highest BCUT2D eigenvalue weighted by atomic mass is 15.0. The van der Waals surface area contributed by atoms with Gasteiger partial charge in [0.25, 0.3) is 0 Å². The van der Waals surface area contributed by atoms with Crippen LogP contribution in [-0.4, -0.2) is 11.5 Å². The zero-order chi connectivity index (χ0) is 12.1. The molecule has 0 saturated carbocycles. The highest BCUT2D eigenvalue weighted by molar-refractivity contribution is 5.81. The van der Waals surface area contributed by atoms with Gasteiger partial charge in [-0.15, -0.1) is 11.8 Å². The molecule has 86 valence electrons. The van der Waals surface area contributed by atoms with Crippen molar-refractivity contribution < 1.29 is 0 Å². The van der Waals surface area contributed by atoms with Gasteiger partial charge in [0.15, 0.2) is 0 Å². The Balaban J connectivity index is 2.21. The van der Waals surface area contributed by atoms with E-state index in [2.05, 4.69) is 41.2 Å². The molecule has 0 radical (unpaired) electrons. The number of nitrogens with zero attached hydrogens (tertiary/aromatic N) is 1. The molecule has 0 saturated heterocycles. The van der Waals surface area contributed by atoms with Crippen molar-refractivity contribution in [1.82, 2.24) is 4.98 Å². The summed E-state index contributed by atoms with van der Waals surface area (Å²) in [4.78, 5) is 4.61. The fourth-order valence-electron chi connectivity index (χ4n) is 1.77. The smallest absolute Gasteiger partial charge is 0.129 e. The number of hydrogen-bond donors (Lipinski definition) is 1. The lowest BCUT2D eigenvalue weighted by Crippen LogP contribution is -2.04. The first-order chi connectivity index (χ1) is 8.31. The molecular formula is C15H16N2. The van der Waals surface area contributed by atoms with E-state index in [9.17, 15) is 0 Å². The molecule has 0 atom stereocenters. The summed E-state index contributed by atoms with van der Waals surface area (Å²) in [6.07, 6.45) is 0.852. The molecule has 1 aromatic heterocycles. The molecule has 0 spiro atoms. The van der Waals surface area contributed by atoms with E-state index >= 15 is 0 Å². The van der Waals surface area contributed by atoms with Gasteiger partial charge in [0.1, 0.15) is 5.82 Å². The van der Waals surface area contributed by atoms with Crippen molar-refractivity contribution in [3.8, 4) is 11.8 Å². The van der Waals surface area contributed by atoms with Gasteiger partial charge in [0, 0.05) is 18.4 Å². The Bertz CT molecular complexity index is 576. The van der Waals surface area contributed by atoms with E-state index in [1.54, 1.807) is 0 Å². The van der Waals surface area contributed by atoms with Crippen LogP contribution in [0.3, 0.4) is 0 Å². The third-order valence-corrected chi connectivity index (χ3v) is 2.63. The second kappa shape index (κ2) is 5.36. The van der Waals surface area contributed by atoms with E-state index in [1.165, 1.54) is 10.9 Å². The van der Waals surface area contributed by atoms with E-state index < -0.39 is 0 Å². The number of anilines is 1. The lowest BCUT2D eigenvalue weighted by Gasteiger charge is -2.08. The summed E-state index contributed by atoms with van der Waals surface area (Å²) in [5.74, 6) is 6.88. The molecule has 0 amide bonds. The summed E-state index contributed by atoms with van der Waals surface area (Å²) in [7, 11) is 0. The van der Waals surface area contributed by atoms with Gasteiger partial charge in [0.2, 0.25) is 0 Å². The number of hydrogen-bond acceptors (Lipinski definition) is 2. The van der Waals surface area contributed by atoms with E-state index in [1.807, 2.05) is 25.1 Å². The topological polar surface area (TPSA) is 24.9 Å². The Hall–Kier alpha value is -2.01. The fraction of sp³-hybridized carbons (Fsp3) is 0.267. The normalized spacial score (nSPS) is 9.76. The summed E-state index contributed by atoms with van der Waals surface area (Å²) < 4.78 is 0. The quantitative estimate of drug-likeness (QED) is 0.638. The van der Waals surface area contributed by atoms with Crippen molar-refractivity contribution in [3.63, 3.8) is 0 Å². The second-order valence-electron chi connectivity index (χ2n) is 3.95. The predicted molar refractivity (Wildman–Crippen MR) is 73.0 cm³/mol. The number of nitrogens with one attached hydrogen (secondary N) is 1. The monoisotopic (exact) mass is 224 g/mol. The van der Waals surface area contributed by atoms with Crippen LogP contribution in [0.2, 0.25) is 0 Å². The predicted octanol–water partition coefficient (Wildman–Crippen LogP) is 3.37. The third-order valence-electron chi connectivity index (χ3n) is 2.63. The van der Waals surface area contributed by atoms with Crippen LogP contribution in [0.5, 0.6) is 0 Å². The number of aromatic nitrogens is 1. The summed E-state index contributed by atoms with van der Waals surface area (Å²) in [6, 6.07) is 10.3. The van der Waals surface area contributed by atoms with Gasteiger partial charge in [-0.2, -0.15) is 0 Å². The summed E-state index contributed by atoms with van der Waals surface area (Å²) in [5.41, 5.74) is 2.20. The van der Waals surface area contributed by atoms with Crippen LogP contribution in [0.15, 0.2) is 30.3 Å². The molecule has 1 aromatic carbocycles. The highest BCUT2D eigenvalue weighted by Crippen LogP contribution is 2.19. The molecule has 2 rings (SSSR count). The minimum atomic E-state index is 0.840. The molecule has 1 N–H and O–H groups in total. The Kier molecular flexibility index (Phi) is 3.62. The minimum absolute atomic E-state index is 0.840. The van der Waals surface area contributed by atoms with Gasteiger partial charge in [-0.3, -0.25) is 0 Å². The highest BCUT2D eigenvalue weighted by Gasteiger charge is 2.01.